The van der Waals surface area contributed by atoms with E-state index in [0.717, 1.165) is 16.7 Å². The molecule has 35 heavy (non-hydrogen) atoms. The van der Waals surface area contributed by atoms with Crippen LogP contribution in [0.4, 0.5) is 10.5 Å². The summed E-state index contributed by atoms with van der Waals surface area (Å²) in [7, 11) is 0. The summed E-state index contributed by atoms with van der Waals surface area (Å²) in [4.78, 5) is 37.5. The molecule has 0 unspecified atom stereocenters. The highest BCUT2D eigenvalue weighted by molar-refractivity contribution is 5.86. The predicted molar refractivity (Wildman–Crippen MR) is 131 cm³/mol. The number of fused-ring (bicyclic) bond motifs is 3. The molecule has 1 fully saturated rings. The van der Waals surface area contributed by atoms with E-state index in [1.165, 1.54) is 11.1 Å². The third kappa shape index (κ3) is 4.89. The van der Waals surface area contributed by atoms with Crippen LogP contribution in [0.5, 0.6) is 0 Å². The van der Waals surface area contributed by atoms with Crippen molar-refractivity contribution in [2.75, 3.05) is 25.0 Å². The number of hydrogen-bond acceptors (Lipinski definition) is 4. The maximum Gasteiger partial charge on any atom is 0.411 e. The number of hydrogen-bond donors (Lipinski definition) is 2. The monoisotopic (exact) mass is 470 g/mol. The van der Waals surface area contributed by atoms with E-state index in [-0.39, 0.29) is 37.2 Å². The van der Waals surface area contributed by atoms with Crippen molar-refractivity contribution in [3.05, 3.63) is 89.5 Å². The first-order valence-corrected chi connectivity index (χ1v) is 11.7. The zero-order valence-electron chi connectivity index (χ0n) is 19.1. The molecule has 0 spiro atoms. The number of nitrogens with one attached hydrogen (secondary N) is 1. The lowest BCUT2D eigenvalue weighted by molar-refractivity contribution is -0.144. The second kappa shape index (κ2) is 9.62. The number of carbonyl (C=O) groups is 3. The van der Waals surface area contributed by atoms with Crippen LogP contribution in [0.2, 0.25) is 0 Å². The van der Waals surface area contributed by atoms with Gasteiger partial charge in [-0.2, -0.15) is 0 Å². The molecule has 0 radical (unpaired) electrons. The van der Waals surface area contributed by atoms with Crippen molar-refractivity contribution in [3.8, 4) is 11.1 Å². The Bertz CT molecular complexity index is 1240. The van der Waals surface area contributed by atoms with Crippen LogP contribution in [0.15, 0.2) is 72.8 Å². The molecule has 5 rings (SSSR count). The number of carboxylic acid groups (broad SMARTS) is 1. The van der Waals surface area contributed by atoms with Crippen LogP contribution in [0.1, 0.15) is 29.0 Å². The molecule has 0 saturated carbocycles. The molecule has 1 saturated heterocycles. The summed E-state index contributed by atoms with van der Waals surface area (Å²) in [5.74, 6) is -0.879. The molecule has 0 bridgehead atoms. The Morgan fingerprint density at radius 2 is 1.57 bits per heavy atom. The van der Waals surface area contributed by atoms with Crippen molar-refractivity contribution in [2.24, 2.45) is 5.92 Å². The summed E-state index contributed by atoms with van der Waals surface area (Å²) in [5.41, 5.74) is 5.97. The average molecular weight is 471 g/mol. The Morgan fingerprint density at radius 1 is 0.914 bits per heavy atom. The first-order valence-electron chi connectivity index (χ1n) is 11.7. The van der Waals surface area contributed by atoms with Gasteiger partial charge in [0, 0.05) is 30.6 Å². The maximum absolute atomic E-state index is 12.6. The first-order chi connectivity index (χ1) is 17.0. The van der Waals surface area contributed by atoms with Gasteiger partial charge in [-0.25, -0.2) is 4.79 Å². The Hall–Kier alpha value is -4.13. The van der Waals surface area contributed by atoms with Gasteiger partial charge in [-0.15, -0.1) is 0 Å². The molecule has 7 nitrogen and oxygen atoms in total. The zero-order valence-corrected chi connectivity index (χ0v) is 19.1. The number of amides is 2. The number of rotatable bonds is 7. The van der Waals surface area contributed by atoms with Gasteiger partial charge in [0.1, 0.15) is 6.61 Å². The van der Waals surface area contributed by atoms with E-state index in [1.807, 2.05) is 30.3 Å². The lowest BCUT2D eigenvalue weighted by Gasteiger charge is -2.38. The molecule has 3 aromatic carbocycles. The number of anilines is 1. The summed E-state index contributed by atoms with van der Waals surface area (Å²) in [6, 6.07) is 23.5. The summed E-state index contributed by atoms with van der Waals surface area (Å²) in [5, 5.41) is 11.6. The summed E-state index contributed by atoms with van der Waals surface area (Å²) < 4.78 is 5.60. The van der Waals surface area contributed by atoms with Crippen LogP contribution in [0.3, 0.4) is 0 Å². The number of nitrogens with zero attached hydrogens (tertiary/aromatic N) is 1. The minimum atomic E-state index is -0.839. The van der Waals surface area contributed by atoms with E-state index in [1.54, 1.807) is 23.1 Å². The fraction of sp³-hybridized carbons (Fsp3) is 0.250. The van der Waals surface area contributed by atoms with Crippen molar-refractivity contribution >= 4 is 23.7 Å². The fourth-order valence-corrected chi connectivity index (χ4v) is 4.95. The second-order valence-electron chi connectivity index (χ2n) is 9.09. The van der Waals surface area contributed by atoms with Gasteiger partial charge < -0.3 is 14.7 Å². The van der Waals surface area contributed by atoms with Gasteiger partial charge in [-0.1, -0.05) is 60.7 Å². The van der Waals surface area contributed by atoms with Gasteiger partial charge in [0.05, 0.1) is 12.8 Å². The van der Waals surface area contributed by atoms with Crippen LogP contribution in [-0.2, 0) is 20.7 Å². The average Bonchev–Trinajstić information content (AvgIpc) is 3.13. The third-order valence-electron chi connectivity index (χ3n) is 6.65. The number of carboxylic acids is 1. The quantitative estimate of drug-likeness (QED) is 0.529. The van der Waals surface area contributed by atoms with Crippen LogP contribution in [0, 0.1) is 5.92 Å². The van der Waals surface area contributed by atoms with E-state index >= 15 is 0 Å². The van der Waals surface area contributed by atoms with E-state index in [4.69, 9.17) is 9.84 Å². The zero-order chi connectivity index (χ0) is 24.4. The van der Waals surface area contributed by atoms with Crippen molar-refractivity contribution in [3.63, 3.8) is 0 Å². The number of likely N-dealkylation sites (tertiary alicyclic amines) is 1. The van der Waals surface area contributed by atoms with Gasteiger partial charge in [0.15, 0.2) is 0 Å². The highest BCUT2D eigenvalue weighted by Gasteiger charge is 2.32. The van der Waals surface area contributed by atoms with Crippen molar-refractivity contribution in [1.82, 2.24) is 4.90 Å². The van der Waals surface area contributed by atoms with Crippen molar-refractivity contribution < 1.29 is 24.2 Å². The Morgan fingerprint density at radius 3 is 2.23 bits per heavy atom. The normalized spacial score (nSPS) is 14.6. The molecule has 1 aliphatic carbocycles. The van der Waals surface area contributed by atoms with E-state index in [9.17, 15) is 14.4 Å². The highest BCUT2D eigenvalue weighted by Crippen LogP contribution is 2.44. The summed E-state index contributed by atoms with van der Waals surface area (Å²) in [6.07, 6.45) is -0.266. The van der Waals surface area contributed by atoms with Crippen LogP contribution < -0.4 is 5.32 Å². The van der Waals surface area contributed by atoms with Gasteiger partial charge in [-0.05, 0) is 39.9 Å². The lowest BCUT2D eigenvalue weighted by atomic mass is 9.95. The van der Waals surface area contributed by atoms with Gasteiger partial charge in [0.25, 0.3) is 0 Å². The molecular formula is C28H26N2O5. The second-order valence-corrected chi connectivity index (χ2v) is 9.09. The minimum absolute atomic E-state index is 0.0152. The Kier molecular flexibility index (Phi) is 6.23. The standard InChI is InChI=1S/C28H26N2O5/c31-26(30-15-19(16-30)14-27(32)33)13-18-6-5-7-20(12-18)29-28(34)35-17-25-23-10-3-1-8-21(23)22-9-2-4-11-24(22)25/h1-12,19,25H,13-17H2,(H,29,34)(H,32,33). The highest BCUT2D eigenvalue weighted by atomic mass is 16.5. The van der Waals surface area contributed by atoms with Crippen LogP contribution in [-0.4, -0.2) is 47.7 Å². The maximum atomic E-state index is 12.6. The molecule has 1 heterocycles. The molecule has 0 aromatic heterocycles. The molecule has 2 N–H and O–H groups in total. The molecule has 3 aromatic rings. The van der Waals surface area contributed by atoms with E-state index in [0.29, 0.717) is 18.8 Å². The molecule has 2 aliphatic rings. The molecule has 1 aliphatic heterocycles. The lowest BCUT2D eigenvalue weighted by Crippen LogP contribution is -2.51. The number of carbonyl (C=O) groups excluding carboxylic acids is 2. The molecule has 7 heteroatoms. The van der Waals surface area contributed by atoms with E-state index in [2.05, 4.69) is 29.6 Å². The molecule has 2 amide bonds. The predicted octanol–water partition coefficient (Wildman–Crippen LogP) is 4.52. The third-order valence-corrected chi connectivity index (χ3v) is 6.65. The number of benzene rings is 3. The molecular weight excluding hydrogens is 444 g/mol. The van der Waals surface area contributed by atoms with Gasteiger partial charge in [-0.3, -0.25) is 14.9 Å². The molecule has 178 valence electrons. The van der Waals surface area contributed by atoms with Crippen molar-refractivity contribution in [2.45, 2.75) is 18.8 Å². The SMILES string of the molecule is O=C(O)CC1CN(C(=O)Cc2cccc(NC(=O)OCC3c4ccccc4-c4ccccc43)c2)C1. The Balaban J connectivity index is 1.16. The van der Waals surface area contributed by atoms with Gasteiger partial charge in [0.2, 0.25) is 5.91 Å². The topological polar surface area (TPSA) is 95.9 Å². The summed E-state index contributed by atoms with van der Waals surface area (Å²) in [6.45, 7) is 1.18. The number of aliphatic carboxylic acids is 1. The summed E-state index contributed by atoms with van der Waals surface area (Å²) >= 11 is 0. The number of ether oxygens (including phenoxy) is 1. The minimum Gasteiger partial charge on any atom is -0.481 e. The Labute approximate surface area is 203 Å². The first kappa shape index (κ1) is 22.7. The van der Waals surface area contributed by atoms with Crippen molar-refractivity contribution in [1.29, 1.82) is 0 Å². The van der Waals surface area contributed by atoms with Crippen LogP contribution >= 0.6 is 0 Å². The molecule has 0 atom stereocenters. The van der Waals surface area contributed by atoms with E-state index < -0.39 is 12.1 Å². The van der Waals surface area contributed by atoms with Gasteiger partial charge >= 0.3 is 12.1 Å². The largest absolute Gasteiger partial charge is 0.481 e. The van der Waals surface area contributed by atoms with Crippen LogP contribution in [0.25, 0.3) is 11.1 Å². The smallest absolute Gasteiger partial charge is 0.411 e. The fourth-order valence-electron chi connectivity index (χ4n) is 4.95.